The highest BCUT2D eigenvalue weighted by atomic mass is 15.0. The summed E-state index contributed by atoms with van der Waals surface area (Å²) in [6, 6.07) is 2.72. The molecule has 0 atom stereocenters. The molecule has 0 heterocycles. The summed E-state index contributed by atoms with van der Waals surface area (Å²) in [6.45, 7) is 9.93. The van der Waals surface area contributed by atoms with E-state index in [2.05, 4.69) is 39.1 Å². The minimum atomic E-state index is 0.391. The molecule has 0 bridgehead atoms. The van der Waals surface area contributed by atoms with Gasteiger partial charge in [0.25, 0.3) is 0 Å². The van der Waals surface area contributed by atoms with Crippen molar-refractivity contribution < 1.29 is 0 Å². The third kappa shape index (κ3) is 1.23. The standard InChI is InChI=1S/C10H18N2/c1-9(2)8(10(9,3)4)12-7-5-6-11/h8,12H,5,7H2,1-4H3. The van der Waals surface area contributed by atoms with Crippen molar-refractivity contribution in [2.45, 2.75) is 40.2 Å². The molecule has 0 spiro atoms. The Morgan fingerprint density at radius 2 is 1.75 bits per heavy atom. The second kappa shape index (κ2) is 2.74. The molecule has 1 N–H and O–H groups in total. The molecule has 1 aliphatic carbocycles. The quantitative estimate of drug-likeness (QED) is 0.650. The van der Waals surface area contributed by atoms with Gasteiger partial charge in [0.05, 0.1) is 6.07 Å². The third-order valence-electron chi connectivity index (χ3n) is 3.61. The van der Waals surface area contributed by atoms with Crippen LogP contribution in [-0.2, 0) is 0 Å². The molecule has 0 radical (unpaired) electrons. The van der Waals surface area contributed by atoms with Gasteiger partial charge in [0, 0.05) is 19.0 Å². The fourth-order valence-electron chi connectivity index (χ4n) is 1.98. The molecule has 1 saturated carbocycles. The lowest BCUT2D eigenvalue weighted by molar-refractivity contribution is 0.457. The van der Waals surface area contributed by atoms with Gasteiger partial charge in [-0.3, -0.25) is 0 Å². The molecule has 1 rings (SSSR count). The van der Waals surface area contributed by atoms with E-state index in [4.69, 9.17) is 5.26 Å². The van der Waals surface area contributed by atoms with Crippen LogP contribution in [0.4, 0.5) is 0 Å². The summed E-state index contributed by atoms with van der Waals surface area (Å²) >= 11 is 0. The lowest BCUT2D eigenvalue weighted by Gasteiger charge is -2.03. The van der Waals surface area contributed by atoms with E-state index in [1.54, 1.807) is 0 Å². The van der Waals surface area contributed by atoms with Gasteiger partial charge in [0.2, 0.25) is 0 Å². The Morgan fingerprint density at radius 1 is 1.25 bits per heavy atom. The van der Waals surface area contributed by atoms with E-state index >= 15 is 0 Å². The van der Waals surface area contributed by atoms with Gasteiger partial charge in [-0.25, -0.2) is 0 Å². The molecule has 0 unspecified atom stereocenters. The molecule has 68 valence electrons. The van der Waals surface area contributed by atoms with Crippen molar-refractivity contribution in [2.24, 2.45) is 10.8 Å². The topological polar surface area (TPSA) is 35.8 Å². The molecular formula is C10H18N2. The predicted octanol–water partition coefficient (Wildman–Crippen LogP) is 1.92. The van der Waals surface area contributed by atoms with Gasteiger partial charge in [-0.2, -0.15) is 5.26 Å². The summed E-state index contributed by atoms with van der Waals surface area (Å²) in [4.78, 5) is 0. The lowest BCUT2D eigenvalue weighted by Crippen LogP contribution is -2.23. The Hall–Kier alpha value is -0.550. The Morgan fingerprint density at radius 3 is 2.08 bits per heavy atom. The molecular weight excluding hydrogens is 148 g/mol. The fraction of sp³-hybridized carbons (Fsp3) is 0.900. The van der Waals surface area contributed by atoms with Crippen molar-refractivity contribution in [1.29, 1.82) is 5.26 Å². The van der Waals surface area contributed by atoms with Crippen molar-refractivity contribution >= 4 is 0 Å². The van der Waals surface area contributed by atoms with Gasteiger partial charge in [0.15, 0.2) is 0 Å². The Labute approximate surface area is 75.0 Å². The zero-order chi connectivity index (χ0) is 9.41. The summed E-state index contributed by atoms with van der Waals surface area (Å²) in [7, 11) is 0. The minimum absolute atomic E-state index is 0.391. The highest BCUT2D eigenvalue weighted by Gasteiger charge is 2.64. The van der Waals surface area contributed by atoms with Crippen LogP contribution in [0.25, 0.3) is 0 Å². The largest absolute Gasteiger partial charge is 0.312 e. The fourth-order valence-corrected chi connectivity index (χ4v) is 1.98. The van der Waals surface area contributed by atoms with E-state index in [1.807, 2.05) is 0 Å². The second-order valence-corrected chi connectivity index (χ2v) is 4.74. The first-order valence-electron chi connectivity index (χ1n) is 4.55. The number of hydrogen-bond acceptors (Lipinski definition) is 2. The number of nitrogens with one attached hydrogen (secondary N) is 1. The molecule has 0 saturated heterocycles. The summed E-state index contributed by atoms with van der Waals surface area (Å²) in [6.07, 6.45) is 0.614. The molecule has 12 heavy (non-hydrogen) atoms. The van der Waals surface area contributed by atoms with Gasteiger partial charge in [0.1, 0.15) is 0 Å². The van der Waals surface area contributed by atoms with Crippen LogP contribution in [0.15, 0.2) is 0 Å². The second-order valence-electron chi connectivity index (χ2n) is 4.74. The zero-order valence-electron chi connectivity index (χ0n) is 8.44. The highest BCUT2D eigenvalue weighted by molar-refractivity contribution is 5.17. The highest BCUT2D eigenvalue weighted by Crippen LogP contribution is 2.62. The normalized spacial score (nSPS) is 24.9. The number of nitrogens with zero attached hydrogens (tertiary/aromatic N) is 1. The van der Waals surface area contributed by atoms with E-state index < -0.39 is 0 Å². The van der Waals surface area contributed by atoms with Crippen LogP contribution < -0.4 is 5.32 Å². The Kier molecular flexibility index (Phi) is 2.18. The molecule has 1 fully saturated rings. The molecule has 0 aliphatic heterocycles. The van der Waals surface area contributed by atoms with Crippen LogP contribution in [0.2, 0.25) is 0 Å². The third-order valence-corrected chi connectivity index (χ3v) is 3.61. The molecule has 1 aliphatic rings. The first-order chi connectivity index (χ1) is 5.44. The van der Waals surface area contributed by atoms with E-state index in [1.165, 1.54) is 0 Å². The molecule has 0 aromatic carbocycles. The first-order valence-corrected chi connectivity index (χ1v) is 4.55. The molecule has 2 heteroatoms. The maximum absolute atomic E-state index is 8.37. The van der Waals surface area contributed by atoms with Gasteiger partial charge in [-0.05, 0) is 10.8 Å². The van der Waals surface area contributed by atoms with Gasteiger partial charge < -0.3 is 5.32 Å². The summed E-state index contributed by atoms with van der Waals surface area (Å²) in [5, 5.41) is 11.8. The molecule has 0 amide bonds. The van der Waals surface area contributed by atoms with E-state index in [-0.39, 0.29) is 0 Å². The Bertz CT molecular complexity index is 196. The van der Waals surface area contributed by atoms with Crippen LogP contribution >= 0.6 is 0 Å². The number of hydrogen-bond donors (Lipinski definition) is 1. The van der Waals surface area contributed by atoms with Crippen molar-refractivity contribution in [3.05, 3.63) is 0 Å². The average Bonchev–Trinajstić information content (AvgIpc) is 2.32. The van der Waals surface area contributed by atoms with Crippen LogP contribution in [-0.4, -0.2) is 12.6 Å². The number of nitriles is 1. The maximum Gasteiger partial charge on any atom is 0.0635 e. The van der Waals surface area contributed by atoms with E-state index in [0.717, 1.165) is 6.54 Å². The summed E-state index contributed by atoms with van der Waals surface area (Å²) in [5.74, 6) is 0. The monoisotopic (exact) mass is 166 g/mol. The lowest BCUT2D eigenvalue weighted by atomic mass is 10.0. The van der Waals surface area contributed by atoms with Gasteiger partial charge >= 0.3 is 0 Å². The van der Waals surface area contributed by atoms with E-state index in [9.17, 15) is 0 Å². The van der Waals surface area contributed by atoms with E-state index in [0.29, 0.717) is 23.3 Å². The zero-order valence-corrected chi connectivity index (χ0v) is 8.44. The summed E-state index contributed by atoms with van der Waals surface area (Å²) in [5.41, 5.74) is 0.783. The van der Waals surface area contributed by atoms with Crippen molar-refractivity contribution in [1.82, 2.24) is 5.32 Å². The van der Waals surface area contributed by atoms with Crippen LogP contribution in [0.5, 0.6) is 0 Å². The number of rotatable bonds is 3. The SMILES string of the molecule is CC1(C)C(NCCC#N)C1(C)C. The van der Waals surface area contributed by atoms with Crippen molar-refractivity contribution in [3.8, 4) is 6.07 Å². The molecule has 2 nitrogen and oxygen atoms in total. The predicted molar refractivity (Wildman–Crippen MR) is 49.6 cm³/mol. The smallest absolute Gasteiger partial charge is 0.0635 e. The van der Waals surface area contributed by atoms with Crippen LogP contribution in [0.3, 0.4) is 0 Å². The van der Waals surface area contributed by atoms with Gasteiger partial charge in [-0.1, -0.05) is 27.7 Å². The summed E-state index contributed by atoms with van der Waals surface area (Å²) < 4.78 is 0. The van der Waals surface area contributed by atoms with Gasteiger partial charge in [-0.15, -0.1) is 0 Å². The van der Waals surface area contributed by atoms with Crippen LogP contribution in [0, 0.1) is 22.2 Å². The van der Waals surface area contributed by atoms with Crippen molar-refractivity contribution in [2.75, 3.05) is 6.54 Å². The van der Waals surface area contributed by atoms with Crippen LogP contribution in [0.1, 0.15) is 34.1 Å². The average molecular weight is 166 g/mol. The van der Waals surface area contributed by atoms with Crippen molar-refractivity contribution in [3.63, 3.8) is 0 Å². The molecule has 0 aromatic heterocycles. The minimum Gasteiger partial charge on any atom is -0.312 e. The Balaban J connectivity index is 2.35. The first kappa shape index (κ1) is 9.54. The molecule has 0 aromatic rings. The maximum atomic E-state index is 8.37.